The Bertz CT molecular complexity index is 436. The second-order valence-corrected chi connectivity index (χ2v) is 5.93. The van der Waals surface area contributed by atoms with Crippen LogP contribution in [0.25, 0.3) is 0 Å². The molecule has 1 aromatic rings. The van der Waals surface area contributed by atoms with Crippen LogP contribution in [0.3, 0.4) is 0 Å². The van der Waals surface area contributed by atoms with Crippen LogP contribution in [0.2, 0.25) is 5.02 Å². The van der Waals surface area contributed by atoms with Gasteiger partial charge in [0.15, 0.2) is 0 Å². The number of nitrogens with one attached hydrogen (secondary N) is 1. The van der Waals surface area contributed by atoms with E-state index in [9.17, 15) is 10.1 Å². The maximum Gasteiger partial charge on any atom is 0.269 e. The normalized spacial score (nSPS) is 16.7. The number of halogens is 1. The maximum absolute atomic E-state index is 10.7. The molecule has 1 N–H and O–H groups in total. The van der Waals surface area contributed by atoms with E-state index in [4.69, 9.17) is 11.6 Å². The van der Waals surface area contributed by atoms with Crippen LogP contribution in [-0.2, 0) is 6.54 Å². The van der Waals surface area contributed by atoms with E-state index in [1.54, 1.807) is 12.1 Å². The van der Waals surface area contributed by atoms with E-state index in [-0.39, 0.29) is 5.69 Å². The van der Waals surface area contributed by atoms with E-state index < -0.39 is 4.92 Å². The lowest BCUT2D eigenvalue weighted by atomic mass is 10.1. The van der Waals surface area contributed by atoms with Crippen molar-refractivity contribution < 1.29 is 4.92 Å². The summed E-state index contributed by atoms with van der Waals surface area (Å²) < 4.78 is 0. The van der Waals surface area contributed by atoms with E-state index in [0.717, 1.165) is 18.4 Å². The van der Waals surface area contributed by atoms with Crippen LogP contribution in [0.1, 0.15) is 18.4 Å². The monoisotopic (exact) mass is 286 g/mol. The third kappa shape index (κ3) is 3.60. The largest absolute Gasteiger partial charge is 0.310 e. The van der Waals surface area contributed by atoms with Gasteiger partial charge >= 0.3 is 0 Å². The topological polar surface area (TPSA) is 55.2 Å². The molecule has 18 heavy (non-hydrogen) atoms. The summed E-state index contributed by atoms with van der Waals surface area (Å²) in [5.41, 5.74) is 0.888. The fraction of sp³-hybridized carbons (Fsp3) is 0.500. The Hall–Kier alpha value is -0.780. The molecule has 1 aliphatic heterocycles. The zero-order valence-electron chi connectivity index (χ0n) is 9.89. The smallest absolute Gasteiger partial charge is 0.269 e. The highest BCUT2D eigenvalue weighted by Crippen LogP contribution is 2.23. The Morgan fingerprint density at radius 1 is 1.44 bits per heavy atom. The molecule has 1 aromatic carbocycles. The zero-order chi connectivity index (χ0) is 13.0. The first-order valence-corrected chi connectivity index (χ1v) is 7.44. The van der Waals surface area contributed by atoms with Gasteiger partial charge in [-0.05, 0) is 36.0 Å². The lowest BCUT2D eigenvalue weighted by Crippen LogP contribution is -2.32. The van der Waals surface area contributed by atoms with Crippen LogP contribution in [0.4, 0.5) is 5.69 Å². The summed E-state index contributed by atoms with van der Waals surface area (Å²) in [5, 5.41) is 14.7. The number of thioether (sulfide) groups is 1. The van der Waals surface area contributed by atoms with E-state index in [1.807, 2.05) is 11.8 Å². The fourth-order valence-electron chi connectivity index (χ4n) is 1.97. The summed E-state index contributed by atoms with van der Waals surface area (Å²) >= 11 is 8.03. The maximum atomic E-state index is 10.7. The van der Waals surface area contributed by atoms with Gasteiger partial charge in [-0.3, -0.25) is 10.1 Å². The van der Waals surface area contributed by atoms with E-state index in [1.165, 1.54) is 17.6 Å². The average molecular weight is 287 g/mol. The minimum Gasteiger partial charge on any atom is -0.310 e. The molecule has 98 valence electrons. The molecule has 0 atom stereocenters. The van der Waals surface area contributed by atoms with Crippen molar-refractivity contribution in [2.24, 2.45) is 0 Å². The minimum atomic E-state index is -0.392. The Balaban J connectivity index is 1.99. The van der Waals surface area contributed by atoms with Gasteiger partial charge in [0, 0.05) is 29.7 Å². The summed E-state index contributed by atoms with van der Waals surface area (Å²) in [6, 6.07) is 5.07. The van der Waals surface area contributed by atoms with Crippen LogP contribution < -0.4 is 5.32 Å². The van der Waals surface area contributed by atoms with Gasteiger partial charge in [0.2, 0.25) is 0 Å². The number of rotatable bonds is 4. The second-order valence-electron chi connectivity index (χ2n) is 4.30. The molecule has 1 aliphatic rings. The number of hydrogen-bond acceptors (Lipinski definition) is 4. The number of hydrogen-bond donors (Lipinski definition) is 1. The summed E-state index contributed by atoms with van der Waals surface area (Å²) in [6.45, 7) is 0.593. The molecular formula is C12H15ClN2O2S. The summed E-state index contributed by atoms with van der Waals surface area (Å²) in [7, 11) is 0. The molecule has 1 heterocycles. The molecule has 0 spiro atoms. The first kappa shape index (κ1) is 13.6. The average Bonchev–Trinajstić information content (AvgIpc) is 2.38. The van der Waals surface area contributed by atoms with Gasteiger partial charge in [0.05, 0.1) is 4.92 Å². The number of non-ortho nitro benzene ring substituents is 1. The zero-order valence-corrected chi connectivity index (χ0v) is 11.5. The molecule has 0 saturated carbocycles. The molecule has 6 heteroatoms. The van der Waals surface area contributed by atoms with Crippen molar-refractivity contribution in [2.45, 2.75) is 25.4 Å². The predicted octanol–water partition coefficient (Wildman–Crippen LogP) is 3.23. The lowest BCUT2D eigenvalue weighted by molar-refractivity contribution is -0.384. The highest BCUT2D eigenvalue weighted by atomic mass is 35.5. The molecule has 4 nitrogen and oxygen atoms in total. The van der Waals surface area contributed by atoms with Gasteiger partial charge in [0.25, 0.3) is 5.69 Å². The molecule has 0 amide bonds. The first-order chi connectivity index (χ1) is 8.66. The van der Waals surface area contributed by atoms with Crippen molar-refractivity contribution >= 4 is 29.1 Å². The second kappa shape index (κ2) is 6.41. The summed E-state index contributed by atoms with van der Waals surface area (Å²) in [6.07, 6.45) is 2.30. The first-order valence-electron chi connectivity index (χ1n) is 5.91. The van der Waals surface area contributed by atoms with Gasteiger partial charge in [-0.15, -0.1) is 0 Å². The third-order valence-electron chi connectivity index (χ3n) is 3.04. The fourth-order valence-corrected chi connectivity index (χ4v) is 3.26. The van der Waals surface area contributed by atoms with E-state index in [0.29, 0.717) is 17.6 Å². The summed E-state index contributed by atoms with van der Waals surface area (Å²) in [4.78, 5) is 10.3. The predicted molar refractivity (Wildman–Crippen MR) is 75.3 cm³/mol. The van der Waals surface area contributed by atoms with Gasteiger partial charge in [-0.25, -0.2) is 0 Å². The summed E-state index contributed by atoms with van der Waals surface area (Å²) in [5.74, 6) is 2.36. The van der Waals surface area contributed by atoms with Crippen LogP contribution in [-0.4, -0.2) is 22.5 Å². The molecular weight excluding hydrogens is 272 g/mol. The van der Waals surface area contributed by atoms with E-state index >= 15 is 0 Å². The molecule has 1 saturated heterocycles. The third-order valence-corrected chi connectivity index (χ3v) is 4.46. The van der Waals surface area contributed by atoms with Gasteiger partial charge in [0.1, 0.15) is 0 Å². The highest BCUT2D eigenvalue weighted by Gasteiger charge is 2.14. The molecule has 0 aromatic heterocycles. The standard InChI is InChI=1S/C12H15ClN2O2S/c13-12-2-1-11(15(16)17)7-9(12)8-14-10-3-5-18-6-4-10/h1-2,7,10,14H,3-6,8H2. The SMILES string of the molecule is O=[N+]([O-])c1ccc(Cl)c(CNC2CCSCC2)c1. The number of nitro benzene ring substituents is 1. The van der Waals surface area contributed by atoms with Crippen molar-refractivity contribution in [3.63, 3.8) is 0 Å². The van der Waals surface area contributed by atoms with E-state index in [2.05, 4.69) is 5.32 Å². The van der Waals surface area contributed by atoms with Gasteiger partial charge in [-0.1, -0.05) is 11.6 Å². The van der Waals surface area contributed by atoms with Crippen LogP contribution >= 0.6 is 23.4 Å². The quantitative estimate of drug-likeness (QED) is 0.682. The number of nitrogens with zero attached hydrogens (tertiary/aromatic N) is 1. The van der Waals surface area contributed by atoms with Gasteiger partial charge in [-0.2, -0.15) is 11.8 Å². The van der Waals surface area contributed by atoms with Crippen LogP contribution in [0.5, 0.6) is 0 Å². The van der Waals surface area contributed by atoms with Crippen LogP contribution in [0, 0.1) is 10.1 Å². The number of benzene rings is 1. The molecule has 0 bridgehead atoms. The molecule has 0 unspecified atom stereocenters. The molecule has 0 radical (unpaired) electrons. The molecule has 1 fully saturated rings. The van der Waals surface area contributed by atoms with Crippen molar-refractivity contribution in [1.82, 2.24) is 5.32 Å². The van der Waals surface area contributed by atoms with Crippen molar-refractivity contribution in [3.8, 4) is 0 Å². The van der Waals surface area contributed by atoms with Crippen molar-refractivity contribution in [2.75, 3.05) is 11.5 Å². The minimum absolute atomic E-state index is 0.0930. The molecule has 0 aliphatic carbocycles. The van der Waals surface area contributed by atoms with Crippen molar-refractivity contribution in [1.29, 1.82) is 0 Å². The Morgan fingerprint density at radius 2 is 2.17 bits per heavy atom. The number of nitro groups is 1. The van der Waals surface area contributed by atoms with Crippen LogP contribution in [0.15, 0.2) is 18.2 Å². The van der Waals surface area contributed by atoms with Crippen molar-refractivity contribution in [3.05, 3.63) is 38.9 Å². The van der Waals surface area contributed by atoms with Gasteiger partial charge < -0.3 is 5.32 Å². The Kier molecular flexibility index (Phi) is 4.86. The lowest BCUT2D eigenvalue weighted by Gasteiger charge is -2.22. The Morgan fingerprint density at radius 3 is 2.83 bits per heavy atom. The Labute approximate surface area is 115 Å². The highest BCUT2D eigenvalue weighted by molar-refractivity contribution is 7.99. The molecule has 2 rings (SSSR count).